The van der Waals surface area contributed by atoms with E-state index in [-0.39, 0.29) is 0 Å². The van der Waals surface area contributed by atoms with Crippen molar-refractivity contribution < 1.29 is 0 Å². The van der Waals surface area contributed by atoms with E-state index in [1.807, 2.05) is 0 Å². The zero-order valence-electron chi connectivity index (χ0n) is 11.1. The molecule has 94 valence electrons. The molecule has 1 aromatic carbocycles. The summed E-state index contributed by atoms with van der Waals surface area (Å²) in [4.78, 5) is 0. The Balaban J connectivity index is 1.82. The highest BCUT2D eigenvalue weighted by atomic mass is 14.7. The van der Waals surface area contributed by atoms with E-state index in [9.17, 15) is 0 Å². The molecule has 1 aliphatic carbocycles. The second kappa shape index (κ2) is 5.68. The molecule has 0 spiro atoms. The molecule has 2 rings (SSSR count). The standard InChI is InChI=1S/C16H25N/c1-3-7-12(2)10-16(17)15-11-14(15)13-8-5-4-6-9-13/h4-6,8-9,12,14-16H,3,7,10-11,17H2,1-2H3. The van der Waals surface area contributed by atoms with Crippen LogP contribution in [0.25, 0.3) is 0 Å². The molecule has 0 aliphatic heterocycles. The Morgan fingerprint density at radius 1 is 1.29 bits per heavy atom. The van der Waals surface area contributed by atoms with Crippen molar-refractivity contribution in [3.8, 4) is 0 Å². The quantitative estimate of drug-likeness (QED) is 0.788. The van der Waals surface area contributed by atoms with E-state index < -0.39 is 0 Å². The first-order valence-corrected chi connectivity index (χ1v) is 7.03. The summed E-state index contributed by atoms with van der Waals surface area (Å²) in [6, 6.07) is 11.2. The zero-order chi connectivity index (χ0) is 12.3. The van der Waals surface area contributed by atoms with Gasteiger partial charge in [-0.3, -0.25) is 0 Å². The molecule has 1 heteroatoms. The van der Waals surface area contributed by atoms with Crippen LogP contribution in [0.2, 0.25) is 0 Å². The molecule has 1 saturated carbocycles. The first-order chi connectivity index (χ1) is 8.22. The first-order valence-electron chi connectivity index (χ1n) is 7.03. The van der Waals surface area contributed by atoms with Crippen molar-refractivity contribution in [3.63, 3.8) is 0 Å². The van der Waals surface area contributed by atoms with E-state index in [0.29, 0.717) is 6.04 Å². The molecular weight excluding hydrogens is 206 g/mol. The van der Waals surface area contributed by atoms with Crippen molar-refractivity contribution in [1.82, 2.24) is 0 Å². The summed E-state index contributed by atoms with van der Waals surface area (Å²) < 4.78 is 0. The molecule has 17 heavy (non-hydrogen) atoms. The van der Waals surface area contributed by atoms with Crippen LogP contribution >= 0.6 is 0 Å². The molecule has 1 aliphatic rings. The van der Waals surface area contributed by atoms with Gasteiger partial charge in [-0.05, 0) is 36.2 Å². The molecule has 1 aromatic rings. The van der Waals surface area contributed by atoms with Gasteiger partial charge in [0.15, 0.2) is 0 Å². The Morgan fingerprint density at radius 2 is 2.00 bits per heavy atom. The van der Waals surface area contributed by atoms with E-state index in [2.05, 4.69) is 44.2 Å². The molecule has 1 nitrogen and oxygen atoms in total. The number of hydrogen-bond acceptors (Lipinski definition) is 1. The topological polar surface area (TPSA) is 26.0 Å². The predicted molar refractivity (Wildman–Crippen MR) is 74.0 cm³/mol. The summed E-state index contributed by atoms with van der Waals surface area (Å²) in [5, 5.41) is 0. The minimum absolute atomic E-state index is 0.404. The van der Waals surface area contributed by atoms with Crippen LogP contribution in [0, 0.1) is 11.8 Å². The van der Waals surface area contributed by atoms with Gasteiger partial charge in [-0.15, -0.1) is 0 Å². The van der Waals surface area contributed by atoms with E-state index in [4.69, 9.17) is 5.73 Å². The fraction of sp³-hybridized carbons (Fsp3) is 0.625. The Kier molecular flexibility index (Phi) is 4.22. The molecule has 2 N–H and O–H groups in total. The average molecular weight is 231 g/mol. The maximum absolute atomic E-state index is 6.34. The maximum Gasteiger partial charge on any atom is 0.00757 e. The SMILES string of the molecule is CCCC(C)CC(N)C1CC1c1ccccc1. The minimum atomic E-state index is 0.404. The lowest BCUT2D eigenvalue weighted by molar-refractivity contribution is 0.406. The molecule has 0 amide bonds. The van der Waals surface area contributed by atoms with Gasteiger partial charge in [0.25, 0.3) is 0 Å². The number of hydrogen-bond donors (Lipinski definition) is 1. The van der Waals surface area contributed by atoms with Gasteiger partial charge in [-0.1, -0.05) is 57.0 Å². The highest BCUT2D eigenvalue weighted by molar-refractivity contribution is 5.26. The molecular formula is C16H25N. The van der Waals surface area contributed by atoms with Gasteiger partial charge < -0.3 is 5.73 Å². The van der Waals surface area contributed by atoms with Crippen molar-refractivity contribution in [2.45, 2.75) is 51.5 Å². The second-order valence-corrected chi connectivity index (χ2v) is 5.71. The van der Waals surface area contributed by atoms with Gasteiger partial charge in [-0.25, -0.2) is 0 Å². The molecule has 0 bridgehead atoms. The van der Waals surface area contributed by atoms with E-state index in [1.165, 1.54) is 31.2 Å². The summed E-state index contributed by atoms with van der Waals surface area (Å²) >= 11 is 0. The van der Waals surface area contributed by atoms with Crippen LogP contribution in [0.5, 0.6) is 0 Å². The average Bonchev–Trinajstić information content (AvgIpc) is 3.10. The molecule has 0 aromatic heterocycles. The lowest BCUT2D eigenvalue weighted by atomic mass is 9.94. The maximum atomic E-state index is 6.34. The highest BCUT2D eigenvalue weighted by Crippen LogP contribution is 2.50. The molecule has 0 heterocycles. The fourth-order valence-corrected chi connectivity index (χ4v) is 3.02. The molecule has 0 radical (unpaired) electrons. The molecule has 1 fully saturated rings. The van der Waals surface area contributed by atoms with E-state index in [1.54, 1.807) is 0 Å². The summed E-state index contributed by atoms with van der Waals surface area (Å²) in [5.41, 5.74) is 7.82. The third-order valence-electron chi connectivity index (χ3n) is 4.07. The van der Waals surface area contributed by atoms with Crippen molar-refractivity contribution in [3.05, 3.63) is 35.9 Å². The van der Waals surface area contributed by atoms with Crippen molar-refractivity contribution in [2.24, 2.45) is 17.6 Å². The Hall–Kier alpha value is -0.820. The summed E-state index contributed by atoms with van der Waals surface area (Å²) in [6.45, 7) is 4.59. The van der Waals surface area contributed by atoms with Gasteiger partial charge in [-0.2, -0.15) is 0 Å². The van der Waals surface area contributed by atoms with Crippen LogP contribution in [0.15, 0.2) is 30.3 Å². The summed E-state index contributed by atoms with van der Waals surface area (Å²) in [6.07, 6.45) is 5.09. The minimum Gasteiger partial charge on any atom is -0.327 e. The molecule has 4 atom stereocenters. The van der Waals surface area contributed by atoms with Gasteiger partial charge in [0.2, 0.25) is 0 Å². The number of nitrogens with two attached hydrogens (primary N) is 1. The fourth-order valence-electron chi connectivity index (χ4n) is 3.02. The highest BCUT2D eigenvalue weighted by Gasteiger charge is 2.42. The Morgan fingerprint density at radius 3 is 2.65 bits per heavy atom. The van der Waals surface area contributed by atoms with Crippen molar-refractivity contribution in [1.29, 1.82) is 0 Å². The zero-order valence-corrected chi connectivity index (χ0v) is 11.1. The van der Waals surface area contributed by atoms with Crippen LogP contribution in [-0.4, -0.2) is 6.04 Å². The van der Waals surface area contributed by atoms with Crippen molar-refractivity contribution in [2.75, 3.05) is 0 Å². The predicted octanol–water partition coefficient (Wildman–Crippen LogP) is 3.94. The molecule has 4 unspecified atom stereocenters. The van der Waals surface area contributed by atoms with Crippen LogP contribution in [0.1, 0.15) is 51.0 Å². The largest absolute Gasteiger partial charge is 0.327 e. The number of benzene rings is 1. The third kappa shape index (κ3) is 3.32. The lowest BCUT2D eigenvalue weighted by Gasteiger charge is -2.16. The van der Waals surface area contributed by atoms with E-state index in [0.717, 1.165) is 17.8 Å². The lowest BCUT2D eigenvalue weighted by Crippen LogP contribution is -2.25. The Labute approximate surface area is 105 Å². The first kappa shape index (κ1) is 12.6. The van der Waals surface area contributed by atoms with Crippen LogP contribution < -0.4 is 5.73 Å². The smallest absolute Gasteiger partial charge is 0.00757 e. The number of rotatable bonds is 6. The van der Waals surface area contributed by atoms with Crippen LogP contribution in [0.3, 0.4) is 0 Å². The van der Waals surface area contributed by atoms with Gasteiger partial charge in [0, 0.05) is 6.04 Å². The summed E-state index contributed by atoms with van der Waals surface area (Å²) in [7, 11) is 0. The van der Waals surface area contributed by atoms with Gasteiger partial charge in [0.1, 0.15) is 0 Å². The van der Waals surface area contributed by atoms with Crippen LogP contribution in [0.4, 0.5) is 0 Å². The second-order valence-electron chi connectivity index (χ2n) is 5.71. The normalized spacial score (nSPS) is 26.5. The van der Waals surface area contributed by atoms with E-state index >= 15 is 0 Å². The van der Waals surface area contributed by atoms with Crippen LogP contribution in [-0.2, 0) is 0 Å². The van der Waals surface area contributed by atoms with Crippen molar-refractivity contribution >= 4 is 0 Å². The van der Waals surface area contributed by atoms with Gasteiger partial charge >= 0.3 is 0 Å². The summed E-state index contributed by atoms with van der Waals surface area (Å²) in [5.74, 6) is 2.25. The van der Waals surface area contributed by atoms with Gasteiger partial charge in [0.05, 0.1) is 0 Å². The molecule has 0 saturated heterocycles. The Bertz CT molecular complexity index is 333. The third-order valence-corrected chi connectivity index (χ3v) is 4.07. The monoisotopic (exact) mass is 231 g/mol.